The highest BCUT2D eigenvalue weighted by molar-refractivity contribution is 5.50. The Bertz CT molecular complexity index is 447. The summed E-state index contributed by atoms with van der Waals surface area (Å²) in [6, 6.07) is 0. The molecule has 78 valence electrons. The summed E-state index contributed by atoms with van der Waals surface area (Å²) in [5.74, 6) is 1.61. The molecule has 0 bridgehead atoms. The van der Waals surface area contributed by atoms with Gasteiger partial charge in [0.25, 0.3) is 0 Å². The van der Waals surface area contributed by atoms with Crippen molar-refractivity contribution >= 4 is 0 Å². The van der Waals surface area contributed by atoms with Gasteiger partial charge in [-0.3, -0.25) is 0 Å². The summed E-state index contributed by atoms with van der Waals surface area (Å²) in [6.07, 6.45) is 8.65. The van der Waals surface area contributed by atoms with Crippen molar-refractivity contribution in [3.05, 3.63) is 47.0 Å². The van der Waals surface area contributed by atoms with Crippen molar-refractivity contribution in [2.75, 3.05) is 0 Å². The average Bonchev–Trinajstić information content (AvgIpc) is 2.55. The molecule has 0 aromatic heterocycles. The van der Waals surface area contributed by atoms with Crippen molar-refractivity contribution in [2.45, 2.75) is 26.6 Å². The maximum Gasteiger partial charge on any atom is 0.246 e. The summed E-state index contributed by atoms with van der Waals surface area (Å²) in [5.41, 5.74) is 2.61. The zero-order valence-corrected chi connectivity index (χ0v) is 9.20. The minimum Gasteiger partial charge on any atom is -0.449 e. The predicted molar refractivity (Wildman–Crippen MR) is 57.7 cm³/mol. The van der Waals surface area contributed by atoms with Gasteiger partial charge < -0.3 is 9.47 Å². The molecule has 3 rings (SSSR count). The van der Waals surface area contributed by atoms with Crippen LogP contribution in [0.4, 0.5) is 0 Å². The van der Waals surface area contributed by atoms with Crippen LogP contribution in [0.25, 0.3) is 0 Å². The molecule has 2 nitrogen and oxygen atoms in total. The lowest BCUT2D eigenvalue weighted by molar-refractivity contribution is -0.104. The largest absolute Gasteiger partial charge is 0.449 e. The van der Waals surface area contributed by atoms with Gasteiger partial charge in [0.1, 0.15) is 0 Å². The molecule has 1 atom stereocenters. The highest BCUT2D eigenvalue weighted by atomic mass is 16.7. The molecule has 1 saturated heterocycles. The van der Waals surface area contributed by atoms with Crippen LogP contribution in [0.5, 0.6) is 0 Å². The van der Waals surface area contributed by atoms with Crippen LogP contribution in [-0.2, 0) is 9.47 Å². The molecule has 15 heavy (non-hydrogen) atoms. The van der Waals surface area contributed by atoms with E-state index in [2.05, 4.69) is 31.2 Å². The Morgan fingerprint density at radius 2 is 1.80 bits per heavy atom. The minimum atomic E-state index is -0.518. The highest BCUT2D eigenvalue weighted by Crippen LogP contribution is 2.41. The number of ether oxygens (including phenoxy) is 2. The fraction of sp³-hybridized carbons (Fsp3) is 0.385. The smallest absolute Gasteiger partial charge is 0.246 e. The zero-order chi connectivity index (χ0) is 10.6. The van der Waals surface area contributed by atoms with Gasteiger partial charge in [0.2, 0.25) is 5.79 Å². The molecule has 0 spiro atoms. The van der Waals surface area contributed by atoms with E-state index in [9.17, 15) is 0 Å². The molecule has 0 amide bonds. The molecule has 1 unspecified atom stereocenters. The van der Waals surface area contributed by atoms with Crippen molar-refractivity contribution in [3.8, 4) is 0 Å². The van der Waals surface area contributed by atoms with Gasteiger partial charge >= 0.3 is 0 Å². The SMILES string of the molecule is CC1=CC2C=C3OC(C)(C)OC3=CC2=C1. The number of hydrogen-bond donors (Lipinski definition) is 0. The standard InChI is InChI=1S/C13H14O2/c1-8-4-9-6-11-12(7-10(9)5-8)15-13(2,3)14-11/h4-7,9H,1-3H3. The Kier molecular flexibility index (Phi) is 1.51. The van der Waals surface area contributed by atoms with Crippen molar-refractivity contribution in [1.29, 1.82) is 0 Å². The van der Waals surface area contributed by atoms with Crippen LogP contribution < -0.4 is 0 Å². The first-order valence-corrected chi connectivity index (χ1v) is 5.25. The van der Waals surface area contributed by atoms with E-state index in [1.54, 1.807) is 0 Å². The molecule has 0 radical (unpaired) electrons. The van der Waals surface area contributed by atoms with Crippen molar-refractivity contribution in [3.63, 3.8) is 0 Å². The molecule has 1 aliphatic heterocycles. The fourth-order valence-electron chi connectivity index (χ4n) is 2.25. The van der Waals surface area contributed by atoms with Gasteiger partial charge in [-0.25, -0.2) is 0 Å². The third-order valence-electron chi connectivity index (χ3n) is 2.80. The van der Waals surface area contributed by atoms with Gasteiger partial charge in [0.15, 0.2) is 11.5 Å². The minimum absolute atomic E-state index is 0.376. The molecule has 0 aromatic rings. The van der Waals surface area contributed by atoms with E-state index in [1.165, 1.54) is 11.1 Å². The van der Waals surface area contributed by atoms with Gasteiger partial charge in [-0.05, 0) is 24.6 Å². The first-order chi connectivity index (χ1) is 7.03. The Morgan fingerprint density at radius 3 is 2.60 bits per heavy atom. The summed E-state index contributed by atoms with van der Waals surface area (Å²) in [5, 5.41) is 0. The van der Waals surface area contributed by atoms with E-state index in [4.69, 9.17) is 9.47 Å². The average molecular weight is 202 g/mol. The normalized spacial score (nSPS) is 30.2. The van der Waals surface area contributed by atoms with Crippen molar-refractivity contribution in [1.82, 2.24) is 0 Å². The Labute approximate surface area is 89.6 Å². The molecule has 2 heteroatoms. The lowest BCUT2D eigenvalue weighted by Gasteiger charge is -2.14. The predicted octanol–water partition coefficient (Wildman–Crippen LogP) is 3.05. The summed E-state index contributed by atoms with van der Waals surface area (Å²) in [6.45, 7) is 5.97. The van der Waals surface area contributed by atoms with Gasteiger partial charge in [-0.15, -0.1) is 0 Å². The topological polar surface area (TPSA) is 18.5 Å². The third kappa shape index (κ3) is 1.32. The van der Waals surface area contributed by atoms with E-state index in [0.29, 0.717) is 5.92 Å². The second-order valence-corrected chi connectivity index (χ2v) is 4.72. The van der Waals surface area contributed by atoms with E-state index >= 15 is 0 Å². The molecule has 1 fully saturated rings. The lowest BCUT2D eigenvalue weighted by atomic mass is 9.96. The molecule has 0 saturated carbocycles. The summed E-state index contributed by atoms with van der Waals surface area (Å²) < 4.78 is 11.4. The number of allylic oxidation sites excluding steroid dienone is 6. The van der Waals surface area contributed by atoms with E-state index in [0.717, 1.165) is 11.5 Å². The van der Waals surface area contributed by atoms with Crippen LogP contribution in [0.15, 0.2) is 47.0 Å². The molecular formula is C13H14O2. The summed E-state index contributed by atoms with van der Waals surface area (Å²) >= 11 is 0. The third-order valence-corrected chi connectivity index (χ3v) is 2.80. The van der Waals surface area contributed by atoms with Crippen LogP contribution in [-0.4, -0.2) is 5.79 Å². The Hall–Kier alpha value is -1.44. The van der Waals surface area contributed by atoms with Gasteiger partial charge in [0, 0.05) is 19.8 Å². The quantitative estimate of drug-likeness (QED) is 0.601. The molecule has 3 aliphatic rings. The lowest BCUT2D eigenvalue weighted by Crippen LogP contribution is -2.18. The van der Waals surface area contributed by atoms with Crippen LogP contribution in [0, 0.1) is 5.92 Å². The second kappa shape index (κ2) is 2.57. The maximum atomic E-state index is 5.71. The van der Waals surface area contributed by atoms with E-state index in [1.807, 2.05) is 13.8 Å². The maximum absolute atomic E-state index is 5.71. The number of hydrogen-bond acceptors (Lipinski definition) is 2. The molecule has 0 N–H and O–H groups in total. The molecular weight excluding hydrogens is 188 g/mol. The van der Waals surface area contributed by atoms with Crippen LogP contribution in [0.3, 0.4) is 0 Å². The summed E-state index contributed by atoms with van der Waals surface area (Å²) in [4.78, 5) is 0. The van der Waals surface area contributed by atoms with Crippen LogP contribution in [0.2, 0.25) is 0 Å². The Morgan fingerprint density at radius 1 is 1.07 bits per heavy atom. The second-order valence-electron chi connectivity index (χ2n) is 4.72. The van der Waals surface area contributed by atoms with Gasteiger partial charge in [-0.1, -0.05) is 17.7 Å². The number of rotatable bonds is 0. The van der Waals surface area contributed by atoms with Gasteiger partial charge in [-0.2, -0.15) is 0 Å². The first-order valence-electron chi connectivity index (χ1n) is 5.25. The van der Waals surface area contributed by atoms with Crippen LogP contribution in [0.1, 0.15) is 20.8 Å². The first kappa shape index (κ1) is 8.84. The molecule has 1 heterocycles. The van der Waals surface area contributed by atoms with Crippen molar-refractivity contribution < 1.29 is 9.47 Å². The van der Waals surface area contributed by atoms with E-state index in [-0.39, 0.29) is 0 Å². The van der Waals surface area contributed by atoms with Gasteiger partial charge in [0.05, 0.1) is 0 Å². The van der Waals surface area contributed by atoms with E-state index < -0.39 is 5.79 Å². The highest BCUT2D eigenvalue weighted by Gasteiger charge is 2.37. The summed E-state index contributed by atoms with van der Waals surface area (Å²) in [7, 11) is 0. The van der Waals surface area contributed by atoms with Crippen LogP contribution >= 0.6 is 0 Å². The molecule has 0 aromatic carbocycles. The molecule has 2 aliphatic carbocycles. The van der Waals surface area contributed by atoms with Crippen molar-refractivity contribution in [2.24, 2.45) is 5.92 Å². The Balaban J connectivity index is 2.02. The monoisotopic (exact) mass is 202 g/mol. The fourth-order valence-corrected chi connectivity index (χ4v) is 2.25. The number of fused-ring (bicyclic) bond motifs is 2. The zero-order valence-electron chi connectivity index (χ0n) is 9.20.